The molecule has 0 aromatic carbocycles. The Morgan fingerprint density at radius 2 is 1.98 bits per heavy atom. The Balaban J connectivity index is 1.42. The Bertz CT molecular complexity index is 1200. The average Bonchev–Trinajstić information content (AvgIpc) is 3.53. The quantitative estimate of drug-likeness (QED) is 0.116. The SMILES string of the molecule is CNCC(=O)N[C@H](C)[C@H]1C(=O)N2C(C(=O)O)=C(S[C@@H]3CN[C@H](C(=O)N4C[C@@H](N)C[C@H]4CNS(N)(=O)=O)C3)[C@H](C)[C@H]12. The molecule has 4 aliphatic rings. The normalized spacial score (nSPS) is 32.7. The first-order chi connectivity index (χ1) is 18.7. The van der Waals surface area contributed by atoms with Crippen LogP contribution in [0.2, 0.25) is 0 Å². The molecule has 17 heteroatoms. The van der Waals surface area contributed by atoms with E-state index >= 15 is 0 Å². The molecule has 0 unspecified atom stereocenters. The number of nitrogens with zero attached hydrogens (tertiary/aromatic N) is 2. The second-order valence-corrected chi connectivity index (χ2v) is 13.6. The fourth-order valence-electron chi connectivity index (χ4n) is 6.24. The number of likely N-dealkylation sites (N-methyl/N-ethyl adjacent to an activating group) is 1. The van der Waals surface area contributed by atoms with Gasteiger partial charge >= 0.3 is 5.97 Å². The fraction of sp³-hybridized carbons (Fsp3) is 0.739. The first kappa shape index (κ1) is 30.7. The second kappa shape index (κ2) is 11.9. The third kappa shape index (κ3) is 6.14. The number of hydrogen-bond acceptors (Lipinski definition) is 10. The Labute approximate surface area is 237 Å². The topological polar surface area (TPSA) is 229 Å². The average molecular weight is 603 g/mol. The van der Waals surface area contributed by atoms with Crippen molar-refractivity contribution in [3.63, 3.8) is 0 Å². The van der Waals surface area contributed by atoms with Gasteiger partial charge in [0, 0.05) is 53.8 Å². The summed E-state index contributed by atoms with van der Waals surface area (Å²) in [7, 11) is -2.27. The number of amides is 3. The van der Waals surface area contributed by atoms with E-state index in [0.717, 1.165) is 0 Å². The highest BCUT2D eigenvalue weighted by atomic mass is 32.2. The van der Waals surface area contributed by atoms with E-state index in [2.05, 4.69) is 20.7 Å². The van der Waals surface area contributed by atoms with Gasteiger partial charge in [-0.05, 0) is 26.8 Å². The van der Waals surface area contributed by atoms with Crippen LogP contribution in [-0.4, -0.2) is 116 Å². The van der Waals surface area contributed by atoms with Gasteiger partial charge in [0.15, 0.2) is 0 Å². The molecule has 0 saturated carbocycles. The van der Waals surface area contributed by atoms with Crippen LogP contribution in [0.4, 0.5) is 0 Å². The fourth-order valence-corrected chi connectivity index (χ4v) is 8.14. The largest absolute Gasteiger partial charge is 0.477 e. The number of carboxylic acid groups (broad SMARTS) is 1. The minimum Gasteiger partial charge on any atom is -0.477 e. The van der Waals surface area contributed by atoms with Crippen LogP contribution in [0.1, 0.15) is 26.7 Å². The number of aliphatic carboxylic acids is 1. The summed E-state index contributed by atoms with van der Waals surface area (Å²) in [6.45, 7) is 4.45. The highest BCUT2D eigenvalue weighted by Crippen LogP contribution is 2.51. The molecule has 4 heterocycles. The molecule has 0 bridgehead atoms. The summed E-state index contributed by atoms with van der Waals surface area (Å²) in [6.07, 6.45) is 0.859. The number of β-lactam (4-membered cyclic amide) rings is 1. The van der Waals surface area contributed by atoms with Crippen molar-refractivity contribution in [3.05, 3.63) is 10.6 Å². The van der Waals surface area contributed by atoms with E-state index in [1.807, 2.05) is 6.92 Å². The molecule has 0 radical (unpaired) electrons. The maximum Gasteiger partial charge on any atom is 0.353 e. The number of nitrogens with one attached hydrogen (secondary N) is 4. The van der Waals surface area contributed by atoms with Crippen molar-refractivity contribution in [1.82, 2.24) is 30.5 Å². The van der Waals surface area contributed by atoms with E-state index in [0.29, 0.717) is 30.8 Å². The highest BCUT2D eigenvalue weighted by molar-refractivity contribution is 8.03. The van der Waals surface area contributed by atoms with Gasteiger partial charge in [-0.25, -0.2) is 14.7 Å². The van der Waals surface area contributed by atoms with Gasteiger partial charge in [-0.3, -0.25) is 14.4 Å². The van der Waals surface area contributed by atoms with E-state index in [9.17, 15) is 32.7 Å². The third-order valence-electron chi connectivity index (χ3n) is 7.99. The Kier molecular flexibility index (Phi) is 9.13. The molecule has 4 rings (SSSR count). The van der Waals surface area contributed by atoms with Gasteiger partial charge in [0.2, 0.25) is 17.7 Å². The van der Waals surface area contributed by atoms with E-state index in [-0.39, 0.29) is 59.8 Å². The Hall–Kier alpha value is -2.28. The van der Waals surface area contributed by atoms with Crippen LogP contribution in [0.15, 0.2) is 10.6 Å². The molecule has 3 saturated heterocycles. The van der Waals surface area contributed by atoms with Gasteiger partial charge in [-0.15, -0.1) is 11.8 Å². The number of thioether (sulfide) groups is 1. The number of rotatable bonds is 11. The number of carbonyl (C=O) groups excluding carboxylic acids is 3. The van der Waals surface area contributed by atoms with Crippen LogP contribution in [-0.2, 0) is 29.4 Å². The van der Waals surface area contributed by atoms with Crippen LogP contribution >= 0.6 is 11.8 Å². The predicted octanol–water partition coefficient (Wildman–Crippen LogP) is -3.33. The van der Waals surface area contributed by atoms with Crippen molar-refractivity contribution in [2.24, 2.45) is 22.7 Å². The lowest BCUT2D eigenvalue weighted by atomic mass is 9.78. The highest BCUT2D eigenvalue weighted by Gasteiger charge is 2.60. The van der Waals surface area contributed by atoms with Gasteiger partial charge in [-0.2, -0.15) is 8.42 Å². The molecule has 0 aromatic rings. The number of likely N-dealkylation sites (tertiary alicyclic amines) is 1. The molecule has 0 aliphatic carbocycles. The molecular weight excluding hydrogens is 564 g/mol. The lowest BCUT2D eigenvalue weighted by Gasteiger charge is -2.47. The van der Waals surface area contributed by atoms with Gasteiger partial charge in [-0.1, -0.05) is 6.92 Å². The van der Waals surface area contributed by atoms with E-state index in [1.54, 1.807) is 18.9 Å². The van der Waals surface area contributed by atoms with Crippen molar-refractivity contribution in [1.29, 1.82) is 0 Å². The standard InChI is InChI=1S/C23H38N8O7S2/c1-10-18-17(11(2)29-16(32)8-26-3)22(34)31(18)19(23(35)36)20(10)39-14-5-15(27-7-14)21(33)30-9-12(24)4-13(30)6-28-40(25,37)38/h10-15,17-18,26-28H,4-9,24H2,1-3H3,(H,29,32)(H,35,36)(H2,25,37,38)/t10-,11-,12+,13+,14+,15+,17-,18-/m1/s1. The van der Waals surface area contributed by atoms with Gasteiger partial charge < -0.3 is 36.6 Å². The second-order valence-electron chi connectivity index (χ2n) is 10.9. The molecule has 0 spiro atoms. The zero-order valence-electron chi connectivity index (χ0n) is 22.6. The maximum atomic E-state index is 13.3. The van der Waals surface area contributed by atoms with Crippen molar-refractivity contribution in [3.8, 4) is 0 Å². The molecule has 9 N–H and O–H groups in total. The number of nitrogens with two attached hydrogens (primary N) is 2. The van der Waals surface area contributed by atoms with Crippen molar-refractivity contribution < 1.29 is 32.7 Å². The summed E-state index contributed by atoms with van der Waals surface area (Å²) in [6, 6.07) is -2.09. The minimum atomic E-state index is -3.92. The Morgan fingerprint density at radius 3 is 2.60 bits per heavy atom. The third-order valence-corrected chi connectivity index (χ3v) is 10.1. The molecule has 40 heavy (non-hydrogen) atoms. The monoisotopic (exact) mass is 602 g/mol. The minimum absolute atomic E-state index is 0.0319. The van der Waals surface area contributed by atoms with Crippen LogP contribution in [0.3, 0.4) is 0 Å². The smallest absolute Gasteiger partial charge is 0.353 e. The molecule has 8 atom stereocenters. The number of hydrogen-bond donors (Lipinski definition) is 7. The summed E-state index contributed by atoms with van der Waals surface area (Å²) < 4.78 is 24.9. The van der Waals surface area contributed by atoms with Crippen LogP contribution in [0, 0.1) is 11.8 Å². The van der Waals surface area contributed by atoms with Crippen LogP contribution in [0.25, 0.3) is 0 Å². The van der Waals surface area contributed by atoms with E-state index in [4.69, 9.17) is 10.9 Å². The molecular formula is C23H38N8O7S2. The predicted molar refractivity (Wildman–Crippen MR) is 146 cm³/mol. The molecule has 224 valence electrons. The van der Waals surface area contributed by atoms with Gasteiger partial charge in [0.1, 0.15) is 5.70 Å². The maximum absolute atomic E-state index is 13.3. The summed E-state index contributed by atoms with van der Waals surface area (Å²) in [5.74, 6) is -2.77. The Morgan fingerprint density at radius 1 is 1.27 bits per heavy atom. The zero-order chi connectivity index (χ0) is 29.5. The number of carbonyl (C=O) groups is 4. The van der Waals surface area contributed by atoms with Crippen LogP contribution < -0.4 is 31.5 Å². The first-order valence-electron chi connectivity index (χ1n) is 13.2. The van der Waals surface area contributed by atoms with Crippen molar-refractivity contribution in [2.75, 3.05) is 33.2 Å². The lowest BCUT2D eigenvalue weighted by molar-refractivity contribution is -0.158. The summed E-state index contributed by atoms with van der Waals surface area (Å²) in [4.78, 5) is 54.2. The molecule has 3 amide bonds. The van der Waals surface area contributed by atoms with E-state index in [1.165, 1.54) is 16.7 Å². The summed E-state index contributed by atoms with van der Waals surface area (Å²) >= 11 is 1.36. The van der Waals surface area contributed by atoms with Crippen molar-refractivity contribution in [2.45, 2.75) is 62.1 Å². The zero-order valence-corrected chi connectivity index (χ0v) is 24.3. The molecule has 0 aromatic heterocycles. The van der Waals surface area contributed by atoms with Crippen molar-refractivity contribution >= 4 is 45.7 Å². The van der Waals surface area contributed by atoms with E-state index < -0.39 is 40.2 Å². The molecule has 4 aliphatic heterocycles. The van der Waals surface area contributed by atoms with Gasteiger partial charge in [0.05, 0.1) is 24.5 Å². The molecule has 3 fully saturated rings. The lowest BCUT2D eigenvalue weighted by Crippen LogP contribution is -2.66. The van der Waals surface area contributed by atoms with Gasteiger partial charge in [0.25, 0.3) is 10.2 Å². The molecule has 15 nitrogen and oxygen atoms in total. The summed E-state index contributed by atoms with van der Waals surface area (Å²) in [5.41, 5.74) is 6.02. The number of carboxylic acids is 1. The summed E-state index contributed by atoms with van der Waals surface area (Å²) in [5, 5.41) is 23.7. The van der Waals surface area contributed by atoms with Crippen LogP contribution in [0.5, 0.6) is 0 Å². The first-order valence-corrected chi connectivity index (χ1v) is 15.6. The number of fused-ring (bicyclic) bond motifs is 1.